The van der Waals surface area contributed by atoms with Crippen LogP contribution >= 0.6 is 23.4 Å². The molecule has 2 saturated heterocycles. The number of thioether (sulfide) groups is 1. The number of nitrogens with zero attached hydrogens (tertiary/aromatic N) is 2. The van der Waals surface area contributed by atoms with Crippen molar-refractivity contribution in [1.29, 1.82) is 0 Å². The van der Waals surface area contributed by atoms with Crippen molar-refractivity contribution >= 4 is 56.1 Å². The first-order valence-corrected chi connectivity index (χ1v) is 15.2. The van der Waals surface area contributed by atoms with Gasteiger partial charge in [-0.1, -0.05) is 35.5 Å². The zero-order valence-corrected chi connectivity index (χ0v) is 24.0. The van der Waals surface area contributed by atoms with E-state index in [2.05, 4.69) is 10.3 Å². The van der Waals surface area contributed by atoms with E-state index in [9.17, 15) is 18.0 Å². The minimum Gasteiger partial charge on any atom is -0.455 e. The maximum atomic E-state index is 12.8. The number of benzene rings is 2. The average Bonchev–Trinajstić information content (AvgIpc) is 3.24. The lowest BCUT2D eigenvalue weighted by molar-refractivity contribution is -0.117. The molecule has 0 unspecified atom stereocenters. The quantitative estimate of drug-likeness (QED) is 0.511. The Hall–Kier alpha value is -2.76. The summed E-state index contributed by atoms with van der Waals surface area (Å²) in [5.74, 6) is 0.519. The number of fused-ring (bicyclic) bond motifs is 1. The third-order valence-corrected chi connectivity index (χ3v) is 9.14. The van der Waals surface area contributed by atoms with Crippen molar-refractivity contribution in [2.75, 3.05) is 23.0 Å². The summed E-state index contributed by atoms with van der Waals surface area (Å²) in [5, 5.41) is 3.05. The molecule has 2 fully saturated rings. The summed E-state index contributed by atoms with van der Waals surface area (Å²) in [7, 11) is -3.26. The maximum absolute atomic E-state index is 12.8. The first-order valence-electron chi connectivity index (χ1n) is 12.1. The molecule has 2 aromatic carbocycles. The van der Waals surface area contributed by atoms with Gasteiger partial charge in [-0.2, -0.15) is 4.99 Å². The second-order valence-electron chi connectivity index (χ2n) is 10.2. The van der Waals surface area contributed by atoms with Crippen LogP contribution in [0.15, 0.2) is 47.5 Å². The smallest absolute Gasteiger partial charge is 0.407 e. The summed E-state index contributed by atoms with van der Waals surface area (Å²) >= 11 is 7.60. The number of amides is 2. The molecule has 0 spiro atoms. The highest BCUT2D eigenvalue weighted by Gasteiger charge is 2.50. The molecule has 204 valence electrons. The topological polar surface area (TPSA) is 114 Å². The maximum Gasteiger partial charge on any atom is 0.407 e. The third kappa shape index (κ3) is 7.21. The number of hydrogen-bond donors (Lipinski definition) is 1. The number of amidine groups is 1. The summed E-state index contributed by atoms with van der Waals surface area (Å²) < 4.78 is 36.3. The molecule has 2 aromatic rings. The summed E-state index contributed by atoms with van der Waals surface area (Å²) in [6.07, 6.45) is -0.668. The Bertz CT molecular complexity index is 1370. The first-order chi connectivity index (χ1) is 17.8. The van der Waals surface area contributed by atoms with Gasteiger partial charge in [-0.05, 0) is 63.6 Å². The van der Waals surface area contributed by atoms with E-state index >= 15 is 0 Å². The van der Waals surface area contributed by atoms with Crippen molar-refractivity contribution in [1.82, 2.24) is 5.32 Å². The van der Waals surface area contributed by atoms with Crippen LogP contribution in [0.4, 0.5) is 10.5 Å². The number of nitrogens with one attached hydrogen (secondary N) is 1. The molecule has 1 N–H and O–H groups in total. The van der Waals surface area contributed by atoms with E-state index in [0.29, 0.717) is 27.4 Å². The molecule has 2 aliphatic heterocycles. The summed E-state index contributed by atoms with van der Waals surface area (Å²) in [6, 6.07) is 12.2. The molecule has 9 nitrogen and oxygen atoms in total. The second kappa shape index (κ2) is 11.2. The number of rotatable bonds is 6. The van der Waals surface area contributed by atoms with E-state index in [4.69, 9.17) is 21.1 Å². The molecule has 2 atom stereocenters. The van der Waals surface area contributed by atoms with Gasteiger partial charge in [0.1, 0.15) is 11.4 Å². The van der Waals surface area contributed by atoms with E-state index in [1.807, 2.05) is 31.2 Å². The molecule has 0 saturated carbocycles. The van der Waals surface area contributed by atoms with Crippen molar-refractivity contribution < 1.29 is 27.5 Å². The Balaban J connectivity index is 1.60. The fourth-order valence-electron chi connectivity index (χ4n) is 4.17. The SMILES string of the molecule is Cc1cccc(Oc2ccc(Cl)cc2N2C(=NC(=O)CCNC(=O)OC(C)(C)C)S[C@H]3CS(=O)(=O)C[C@@H]32)c1. The lowest BCUT2D eigenvalue weighted by Crippen LogP contribution is -2.38. The van der Waals surface area contributed by atoms with Crippen molar-refractivity contribution in [2.24, 2.45) is 4.99 Å². The molecule has 0 bridgehead atoms. The van der Waals surface area contributed by atoms with Crippen LogP contribution < -0.4 is 15.0 Å². The molecule has 38 heavy (non-hydrogen) atoms. The van der Waals surface area contributed by atoms with Crippen LogP contribution in [0.3, 0.4) is 0 Å². The summed E-state index contributed by atoms with van der Waals surface area (Å²) in [6.45, 7) is 7.25. The van der Waals surface area contributed by atoms with Crippen LogP contribution in [-0.4, -0.2) is 60.5 Å². The normalized spacial score (nSPS) is 21.3. The van der Waals surface area contributed by atoms with Crippen LogP contribution in [0.5, 0.6) is 11.5 Å². The van der Waals surface area contributed by atoms with Crippen LogP contribution in [0.2, 0.25) is 5.02 Å². The number of alkyl carbamates (subject to hydrolysis) is 1. The Morgan fingerprint density at radius 2 is 1.95 bits per heavy atom. The first kappa shape index (κ1) is 28.3. The number of ether oxygens (including phenoxy) is 2. The number of anilines is 1. The minimum atomic E-state index is -3.26. The van der Waals surface area contributed by atoms with E-state index in [0.717, 1.165) is 5.56 Å². The van der Waals surface area contributed by atoms with Crippen molar-refractivity contribution in [2.45, 2.75) is 51.0 Å². The summed E-state index contributed by atoms with van der Waals surface area (Å²) in [4.78, 5) is 30.7. The van der Waals surface area contributed by atoms with Crippen LogP contribution in [-0.2, 0) is 19.4 Å². The van der Waals surface area contributed by atoms with Crippen LogP contribution in [0, 0.1) is 6.92 Å². The fourth-order valence-corrected chi connectivity index (χ4v) is 8.26. The lowest BCUT2D eigenvalue weighted by atomic mass is 10.2. The number of hydrogen-bond acceptors (Lipinski definition) is 7. The third-order valence-electron chi connectivity index (χ3n) is 5.69. The molecule has 2 heterocycles. The Labute approximate surface area is 231 Å². The largest absolute Gasteiger partial charge is 0.455 e. The molecule has 2 aliphatic rings. The number of carbonyl (C=O) groups excluding carboxylic acids is 2. The molecule has 2 amide bonds. The predicted molar refractivity (Wildman–Crippen MR) is 150 cm³/mol. The molecule has 0 aliphatic carbocycles. The van der Waals surface area contributed by atoms with Crippen molar-refractivity contribution in [3.8, 4) is 11.5 Å². The van der Waals surface area contributed by atoms with Gasteiger partial charge in [0.15, 0.2) is 20.8 Å². The zero-order chi connectivity index (χ0) is 27.7. The summed E-state index contributed by atoms with van der Waals surface area (Å²) in [5.41, 5.74) is 0.891. The molecule has 4 rings (SSSR count). The number of aryl methyl sites for hydroxylation is 1. The number of halogens is 1. The predicted octanol–water partition coefficient (Wildman–Crippen LogP) is 4.96. The van der Waals surface area contributed by atoms with E-state index in [1.165, 1.54) is 11.8 Å². The Morgan fingerprint density at radius 3 is 2.66 bits per heavy atom. The average molecular weight is 580 g/mol. The number of carbonyl (C=O) groups is 2. The van der Waals surface area contributed by atoms with Crippen LogP contribution in [0.1, 0.15) is 32.8 Å². The highest BCUT2D eigenvalue weighted by atomic mass is 35.5. The van der Waals surface area contributed by atoms with E-state index < -0.39 is 33.5 Å². The second-order valence-corrected chi connectivity index (χ2v) is 14.0. The Morgan fingerprint density at radius 1 is 1.18 bits per heavy atom. The highest BCUT2D eigenvalue weighted by molar-refractivity contribution is 8.16. The zero-order valence-electron chi connectivity index (χ0n) is 21.6. The van der Waals surface area contributed by atoms with Gasteiger partial charge in [0.25, 0.3) is 0 Å². The number of sulfone groups is 1. The van der Waals surface area contributed by atoms with Gasteiger partial charge in [-0.15, -0.1) is 0 Å². The molecular weight excluding hydrogens is 550 g/mol. The van der Waals surface area contributed by atoms with Gasteiger partial charge >= 0.3 is 6.09 Å². The van der Waals surface area contributed by atoms with Gasteiger partial charge in [0.05, 0.1) is 23.2 Å². The molecule has 0 aromatic heterocycles. The number of aliphatic imine (C=N–C) groups is 1. The molecular formula is C26H30ClN3O6S2. The van der Waals surface area contributed by atoms with Crippen LogP contribution in [0.25, 0.3) is 0 Å². The fraction of sp³-hybridized carbons (Fsp3) is 0.423. The standard InChI is InChI=1S/C26H30ClN3O6S2/c1-16-6-5-7-18(12-16)35-21-9-8-17(27)13-19(21)30-20-14-38(33,34)15-22(20)37-24(30)29-23(31)10-11-28-25(32)36-26(2,3)4/h5-9,12-13,20,22H,10-11,14-15H2,1-4H3,(H,28,32)/t20-,22-/m0/s1. The molecule has 12 heteroatoms. The highest BCUT2D eigenvalue weighted by Crippen LogP contribution is 2.45. The van der Waals surface area contributed by atoms with Gasteiger partial charge < -0.3 is 19.7 Å². The van der Waals surface area contributed by atoms with Crippen molar-refractivity contribution in [3.05, 3.63) is 53.1 Å². The van der Waals surface area contributed by atoms with Crippen molar-refractivity contribution in [3.63, 3.8) is 0 Å². The van der Waals surface area contributed by atoms with Gasteiger partial charge in [0, 0.05) is 23.2 Å². The van der Waals surface area contributed by atoms with E-state index in [-0.39, 0.29) is 29.7 Å². The lowest BCUT2D eigenvalue weighted by Gasteiger charge is -2.27. The van der Waals surface area contributed by atoms with Gasteiger partial charge in [-0.3, -0.25) is 4.79 Å². The molecule has 0 radical (unpaired) electrons. The van der Waals surface area contributed by atoms with E-state index in [1.54, 1.807) is 43.9 Å². The van der Waals surface area contributed by atoms with Gasteiger partial charge in [-0.25, -0.2) is 13.2 Å². The Kier molecular flexibility index (Phi) is 8.29. The monoisotopic (exact) mass is 579 g/mol. The van der Waals surface area contributed by atoms with Gasteiger partial charge in [0.2, 0.25) is 5.91 Å². The minimum absolute atomic E-state index is 0.0130.